The van der Waals surface area contributed by atoms with Crippen molar-refractivity contribution < 1.29 is 18.7 Å². The summed E-state index contributed by atoms with van der Waals surface area (Å²) in [4.78, 5) is 23.3. The summed E-state index contributed by atoms with van der Waals surface area (Å²) in [5.41, 5.74) is 0.850. The van der Waals surface area contributed by atoms with E-state index in [0.717, 1.165) is 5.69 Å². The number of nitrogens with one attached hydrogen (secondary N) is 1. The molecule has 3 aromatic rings. The molecule has 1 N–H and O–H groups in total. The normalized spacial score (nSPS) is 10.6. The maximum absolute atomic E-state index is 12.0. The molecule has 2 aromatic heterocycles. The average Bonchev–Trinajstić information content (AvgIpc) is 3.35. The maximum atomic E-state index is 12.0. The molecule has 2 heterocycles. The number of ether oxygens (including phenoxy) is 1. The zero-order valence-corrected chi connectivity index (χ0v) is 15.4. The number of carbonyl (C=O) groups is 2. The smallest absolute Gasteiger partial charge is 0.325 e. The van der Waals surface area contributed by atoms with Crippen molar-refractivity contribution in [1.82, 2.24) is 20.1 Å². The zero-order chi connectivity index (χ0) is 19.1. The summed E-state index contributed by atoms with van der Waals surface area (Å²) < 4.78 is 12.0. The zero-order valence-electron chi connectivity index (χ0n) is 14.6. The van der Waals surface area contributed by atoms with Crippen molar-refractivity contribution in [3.8, 4) is 17.3 Å². The number of nitrogens with zero attached hydrogens (tertiary/aromatic N) is 3. The first-order valence-electron chi connectivity index (χ1n) is 8.29. The van der Waals surface area contributed by atoms with Crippen LogP contribution in [0.2, 0.25) is 0 Å². The molecule has 9 heteroatoms. The predicted molar refractivity (Wildman–Crippen MR) is 99.4 cm³/mol. The molecule has 1 aromatic carbocycles. The minimum absolute atomic E-state index is 0.0858. The van der Waals surface area contributed by atoms with Gasteiger partial charge in [-0.2, -0.15) is 0 Å². The Labute approximate surface area is 159 Å². The summed E-state index contributed by atoms with van der Waals surface area (Å²) in [7, 11) is 0. The van der Waals surface area contributed by atoms with Crippen molar-refractivity contribution >= 4 is 23.6 Å². The molecule has 8 nitrogen and oxygen atoms in total. The van der Waals surface area contributed by atoms with Gasteiger partial charge >= 0.3 is 5.97 Å². The van der Waals surface area contributed by atoms with Crippen molar-refractivity contribution in [3.05, 3.63) is 48.7 Å². The molecule has 0 atom stereocenters. The molecule has 140 valence electrons. The Hall–Kier alpha value is -3.07. The first kappa shape index (κ1) is 18.7. The fourth-order valence-corrected chi connectivity index (χ4v) is 3.08. The monoisotopic (exact) mass is 386 g/mol. The Morgan fingerprint density at radius 2 is 2.00 bits per heavy atom. The molecular weight excluding hydrogens is 368 g/mol. The fourth-order valence-electron chi connectivity index (χ4n) is 2.30. The van der Waals surface area contributed by atoms with Gasteiger partial charge in [-0.1, -0.05) is 30.0 Å². The van der Waals surface area contributed by atoms with Gasteiger partial charge in [0.25, 0.3) is 0 Å². The number of esters is 1. The lowest BCUT2D eigenvalue weighted by Crippen LogP contribution is -2.31. The van der Waals surface area contributed by atoms with Gasteiger partial charge in [0, 0.05) is 5.69 Å². The highest BCUT2D eigenvalue weighted by Gasteiger charge is 2.19. The molecule has 0 bridgehead atoms. The molecule has 0 saturated carbocycles. The summed E-state index contributed by atoms with van der Waals surface area (Å²) in [6.07, 6.45) is 1.56. The van der Waals surface area contributed by atoms with Crippen LogP contribution in [-0.4, -0.2) is 45.5 Å². The van der Waals surface area contributed by atoms with Gasteiger partial charge in [0.15, 0.2) is 10.9 Å². The third kappa shape index (κ3) is 4.76. The van der Waals surface area contributed by atoms with Crippen molar-refractivity contribution in [3.63, 3.8) is 0 Å². The van der Waals surface area contributed by atoms with Crippen LogP contribution in [0.3, 0.4) is 0 Å². The molecule has 0 aliphatic rings. The highest BCUT2D eigenvalue weighted by Crippen LogP contribution is 2.27. The van der Waals surface area contributed by atoms with Crippen LogP contribution in [0, 0.1) is 0 Å². The number of hydrogen-bond donors (Lipinski definition) is 1. The van der Waals surface area contributed by atoms with E-state index in [1.54, 1.807) is 25.3 Å². The lowest BCUT2D eigenvalue weighted by Gasteiger charge is -2.09. The number of hydrogen-bond acceptors (Lipinski definition) is 7. The van der Waals surface area contributed by atoms with Crippen LogP contribution in [0.25, 0.3) is 17.3 Å². The molecule has 27 heavy (non-hydrogen) atoms. The highest BCUT2D eigenvalue weighted by atomic mass is 32.2. The first-order valence-corrected chi connectivity index (χ1v) is 9.27. The van der Waals surface area contributed by atoms with Crippen LogP contribution in [0.4, 0.5) is 0 Å². The van der Waals surface area contributed by atoms with Gasteiger partial charge in [-0.15, -0.1) is 10.2 Å². The third-order valence-electron chi connectivity index (χ3n) is 3.46. The number of furan rings is 1. The number of para-hydroxylation sites is 1. The number of amides is 1. The fraction of sp³-hybridized carbons (Fsp3) is 0.222. The molecule has 0 spiro atoms. The molecule has 0 unspecified atom stereocenters. The number of aromatic nitrogens is 3. The van der Waals surface area contributed by atoms with Crippen LogP contribution in [0.5, 0.6) is 0 Å². The van der Waals surface area contributed by atoms with E-state index < -0.39 is 5.97 Å². The minimum atomic E-state index is -0.469. The summed E-state index contributed by atoms with van der Waals surface area (Å²) >= 11 is 1.22. The quantitative estimate of drug-likeness (QED) is 0.468. The second-order valence-electron chi connectivity index (χ2n) is 5.32. The predicted octanol–water partition coefficient (Wildman–Crippen LogP) is 2.30. The van der Waals surface area contributed by atoms with Crippen LogP contribution in [-0.2, 0) is 14.3 Å². The number of rotatable bonds is 8. The van der Waals surface area contributed by atoms with E-state index in [-0.39, 0.29) is 24.8 Å². The van der Waals surface area contributed by atoms with Crippen molar-refractivity contribution in [2.75, 3.05) is 18.9 Å². The van der Waals surface area contributed by atoms with Gasteiger partial charge in [0.1, 0.15) is 6.54 Å². The van der Waals surface area contributed by atoms with Gasteiger partial charge in [-0.25, -0.2) is 0 Å². The van der Waals surface area contributed by atoms with Crippen molar-refractivity contribution in [1.29, 1.82) is 0 Å². The van der Waals surface area contributed by atoms with E-state index in [9.17, 15) is 9.59 Å². The van der Waals surface area contributed by atoms with Crippen LogP contribution < -0.4 is 5.32 Å². The Morgan fingerprint density at radius 1 is 1.19 bits per heavy atom. The van der Waals surface area contributed by atoms with Crippen molar-refractivity contribution in [2.24, 2.45) is 0 Å². The first-order chi connectivity index (χ1) is 13.2. The molecule has 0 aliphatic heterocycles. The Morgan fingerprint density at radius 3 is 2.70 bits per heavy atom. The Kier molecular flexibility index (Phi) is 6.26. The van der Waals surface area contributed by atoms with E-state index in [2.05, 4.69) is 15.5 Å². The maximum Gasteiger partial charge on any atom is 0.325 e. The molecular formula is C18H18N4O4S. The lowest BCUT2D eigenvalue weighted by molar-refractivity contribution is -0.143. The van der Waals surface area contributed by atoms with Gasteiger partial charge in [-0.3, -0.25) is 14.2 Å². The number of carbonyl (C=O) groups excluding carboxylic acids is 2. The highest BCUT2D eigenvalue weighted by molar-refractivity contribution is 7.99. The van der Waals surface area contributed by atoms with Crippen LogP contribution in [0.15, 0.2) is 58.3 Å². The van der Waals surface area contributed by atoms with E-state index in [4.69, 9.17) is 9.15 Å². The van der Waals surface area contributed by atoms with E-state index in [0.29, 0.717) is 16.7 Å². The standard InChI is InChI=1S/C18H18N4O4S/c1-2-25-16(24)11-19-15(23)12-27-18-21-20-17(14-9-6-10-26-14)22(18)13-7-4-3-5-8-13/h3-10H,2,11-12H2,1H3,(H,19,23). The lowest BCUT2D eigenvalue weighted by atomic mass is 10.3. The van der Waals surface area contributed by atoms with E-state index in [1.165, 1.54) is 11.8 Å². The van der Waals surface area contributed by atoms with E-state index in [1.807, 2.05) is 34.9 Å². The number of thioether (sulfide) groups is 1. The van der Waals surface area contributed by atoms with Crippen molar-refractivity contribution in [2.45, 2.75) is 12.1 Å². The Bertz CT molecular complexity index is 893. The summed E-state index contributed by atoms with van der Waals surface area (Å²) in [6.45, 7) is 1.83. The summed E-state index contributed by atoms with van der Waals surface area (Å²) in [5.74, 6) is 0.437. The van der Waals surface area contributed by atoms with Gasteiger partial charge in [-0.05, 0) is 31.2 Å². The second-order valence-corrected chi connectivity index (χ2v) is 6.27. The van der Waals surface area contributed by atoms with Gasteiger partial charge < -0.3 is 14.5 Å². The average molecular weight is 386 g/mol. The largest absolute Gasteiger partial charge is 0.465 e. The Balaban J connectivity index is 1.74. The van der Waals surface area contributed by atoms with Crippen LogP contribution >= 0.6 is 11.8 Å². The molecule has 1 amide bonds. The van der Waals surface area contributed by atoms with Gasteiger partial charge in [0.2, 0.25) is 11.7 Å². The van der Waals surface area contributed by atoms with E-state index >= 15 is 0 Å². The SMILES string of the molecule is CCOC(=O)CNC(=O)CSc1nnc(-c2ccco2)n1-c1ccccc1. The topological polar surface area (TPSA) is 99.2 Å². The number of benzene rings is 1. The minimum Gasteiger partial charge on any atom is -0.465 e. The molecule has 3 rings (SSSR count). The molecule has 0 fully saturated rings. The van der Waals surface area contributed by atoms with Gasteiger partial charge in [0.05, 0.1) is 18.6 Å². The third-order valence-corrected chi connectivity index (χ3v) is 4.39. The summed E-state index contributed by atoms with van der Waals surface area (Å²) in [6, 6.07) is 13.1. The summed E-state index contributed by atoms with van der Waals surface area (Å²) in [5, 5.41) is 11.5. The molecule has 0 aliphatic carbocycles. The molecule has 0 radical (unpaired) electrons. The van der Waals surface area contributed by atoms with Crippen LogP contribution in [0.1, 0.15) is 6.92 Å². The second kappa shape index (κ2) is 9.04. The molecule has 0 saturated heterocycles.